The van der Waals surface area contributed by atoms with Gasteiger partial charge in [-0.2, -0.15) is 0 Å². The van der Waals surface area contributed by atoms with Crippen molar-refractivity contribution in [3.05, 3.63) is 35.4 Å². The van der Waals surface area contributed by atoms with Crippen molar-refractivity contribution in [1.29, 1.82) is 0 Å². The molecule has 0 heterocycles. The zero-order valence-electron chi connectivity index (χ0n) is 12.2. The predicted octanol–water partition coefficient (Wildman–Crippen LogP) is 3.25. The lowest BCUT2D eigenvalue weighted by Crippen LogP contribution is -2.07. The summed E-state index contributed by atoms with van der Waals surface area (Å²) >= 11 is 0. The summed E-state index contributed by atoms with van der Waals surface area (Å²) in [6.07, 6.45) is 3.97. The Labute approximate surface area is 120 Å². The van der Waals surface area contributed by atoms with Crippen molar-refractivity contribution in [1.82, 2.24) is 0 Å². The largest absolute Gasteiger partial charge is 0.462 e. The van der Waals surface area contributed by atoms with Crippen molar-refractivity contribution >= 4 is 11.8 Å². The summed E-state index contributed by atoms with van der Waals surface area (Å²) in [5.41, 5.74) is 0.955. The number of rotatable bonds is 9. The van der Waals surface area contributed by atoms with Crippen LogP contribution in [-0.4, -0.2) is 32.1 Å². The van der Waals surface area contributed by atoms with Crippen LogP contribution in [0.15, 0.2) is 24.3 Å². The highest BCUT2D eigenvalue weighted by atomic mass is 16.5. The molecule has 1 rings (SSSR count). The van der Waals surface area contributed by atoms with E-state index in [1.165, 1.54) is 6.92 Å². The van der Waals surface area contributed by atoms with Gasteiger partial charge >= 0.3 is 5.97 Å². The van der Waals surface area contributed by atoms with Gasteiger partial charge in [0.05, 0.1) is 12.2 Å². The third-order valence-electron chi connectivity index (χ3n) is 2.98. The maximum atomic E-state index is 11.8. The zero-order chi connectivity index (χ0) is 14.8. The summed E-state index contributed by atoms with van der Waals surface area (Å²) in [4.78, 5) is 23.0. The number of ether oxygens (including phenoxy) is 2. The van der Waals surface area contributed by atoms with Crippen LogP contribution in [-0.2, 0) is 9.47 Å². The molecule has 0 unspecified atom stereocenters. The van der Waals surface area contributed by atoms with Crippen molar-refractivity contribution in [3.63, 3.8) is 0 Å². The van der Waals surface area contributed by atoms with Gasteiger partial charge in [0.2, 0.25) is 0 Å². The van der Waals surface area contributed by atoms with E-state index < -0.39 is 0 Å². The molecule has 1 aromatic rings. The highest BCUT2D eigenvalue weighted by Gasteiger charge is 2.09. The Morgan fingerprint density at radius 1 is 1.00 bits per heavy atom. The first-order chi connectivity index (χ1) is 9.65. The Bertz CT molecular complexity index is 440. The van der Waals surface area contributed by atoms with Crippen LogP contribution >= 0.6 is 0 Å². The fraction of sp³-hybridized carbons (Fsp3) is 0.500. The lowest BCUT2D eigenvalue weighted by Gasteiger charge is -2.05. The lowest BCUT2D eigenvalue weighted by atomic mass is 10.1. The highest BCUT2D eigenvalue weighted by Crippen LogP contribution is 2.08. The van der Waals surface area contributed by atoms with Crippen LogP contribution in [0.3, 0.4) is 0 Å². The Kier molecular flexibility index (Phi) is 7.58. The molecular formula is C16H22O4. The van der Waals surface area contributed by atoms with Crippen LogP contribution in [0, 0.1) is 0 Å². The summed E-state index contributed by atoms with van der Waals surface area (Å²) in [6, 6.07) is 6.61. The molecule has 1 aromatic carbocycles. The van der Waals surface area contributed by atoms with Gasteiger partial charge in [0.15, 0.2) is 5.78 Å². The van der Waals surface area contributed by atoms with Gasteiger partial charge < -0.3 is 9.47 Å². The second-order valence-corrected chi connectivity index (χ2v) is 4.68. The molecule has 0 aliphatic carbocycles. The summed E-state index contributed by atoms with van der Waals surface area (Å²) in [6.45, 7) is 2.66. The molecule has 0 aliphatic heterocycles. The molecule has 4 nitrogen and oxygen atoms in total. The van der Waals surface area contributed by atoms with Crippen LogP contribution in [0.1, 0.15) is 53.3 Å². The highest BCUT2D eigenvalue weighted by molar-refractivity contribution is 5.97. The fourth-order valence-corrected chi connectivity index (χ4v) is 1.82. The summed E-state index contributed by atoms with van der Waals surface area (Å²) in [7, 11) is 1.69. The number of ketones is 1. The average Bonchev–Trinajstić information content (AvgIpc) is 2.46. The number of methoxy groups -OCH3 is 1. The molecule has 4 heteroatoms. The number of hydrogen-bond acceptors (Lipinski definition) is 4. The van der Waals surface area contributed by atoms with Gasteiger partial charge in [0, 0.05) is 19.3 Å². The number of hydrogen-bond donors (Lipinski definition) is 0. The molecule has 110 valence electrons. The van der Waals surface area contributed by atoms with Gasteiger partial charge in [0.25, 0.3) is 0 Å². The number of carbonyl (C=O) groups is 2. The van der Waals surface area contributed by atoms with E-state index >= 15 is 0 Å². The van der Waals surface area contributed by atoms with E-state index in [1.807, 2.05) is 0 Å². The van der Waals surface area contributed by atoms with E-state index in [-0.39, 0.29) is 11.8 Å². The number of unbranched alkanes of at least 4 members (excludes halogenated alkanes) is 3. The van der Waals surface area contributed by atoms with E-state index in [4.69, 9.17) is 9.47 Å². The molecule has 0 radical (unpaired) electrons. The number of esters is 1. The normalized spacial score (nSPS) is 10.3. The van der Waals surface area contributed by atoms with Crippen molar-refractivity contribution in [2.45, 2.75) is 32.6 Å². The standard InChI is InChI=1S/C16H22O4/c1-13(17)14-8-7-9-15(12-14)16(18)20-11-6-4-3-5-10-19-2/h7-9,12H,3-6,10-11H2,1-2H3. The third kappa shape index (κ3) is 5.97. The van der Waals surface area contributed by atoms with E-state index in [9.17, 15) is 9.59 Å². The van der Waals surface area contributed by atoms with Gasteiger partial charge in [0.1, 0.15) is 0 Å². The first-order valence-electron chi connectivity index (χ1n) is 6.92. The van der Waals surface area contributed by atoms with Crippen molar-refractivity contribution in [2.75, 3.05) is 20.3 Å². The molecule has 0 amide bonds. The monoisotopic (exact) mass is 278 g/mol. The number of carbonyl (C=O) groups excluding carboxylic acids is 2. The molecule has 0 spiro atoms. The minimum absolute atomic E-state index is 0.0576. The molecule has 0 saturated heterocycles. The van der Waals surface area contributed by atoms with E-state index in [0.717, 1.165) is 32.3 Å². The summed E-state index contributed by atoms with van der Waals surface area (Å²) < 4.78 is 10.1. The number of benzene rings is 1. The SMILES string of the molecule is COCCCCCCOC(=O)c1cccc(C(C)=O)c1. The molecule has 0 saturated carbocycles. The Balaban J connectivity index is 2.29. The van der Waals surface area contributed by atoms with Crippen LogP contribution in [0.5, 0.6) is 0 Å². The lowest BCUT2D eigenvalue weighted by molar-refractivity contribution is 0.0497. The van der Waals surface area contributed by atoms with E-state index in [1.54, 1.807) is 31.4 Å². The van der Waals surface area contributed by atoms with Crippen molar-refractivity contribution in [3.8, 4) is 0 Å². The second-order valence-electron chi connectivity index (χ2n) is 4.68. The Morgan fingerprint density at radius 3 is 2.30 bits per heavy atom. The Morgan fingerprint density at radius 2 is 1.65 bits per heavy atom. The summed E-state index contributed by atoms with van der Waals surface area (Å²) in [5, 5.41) is 0. The van der Waals surface area contributed by atoms with Crippen molar-refractivity contribution < 1.29 is 19.1 Å². The third-order valence-corrected chi connectivity index (χ3v) is 2.98. The molecule has 0 aromatic heterocycles. The minimum Gasteiger partial charge on any atom is -0.462 e. The fourth-order valence-electron chi connectivity index (χ4n) is 1.82. The van der Waals surface area contributed by atoms with Gasteiger partial charge in [-0.05, 0) is 38.3 Å². The van der Waals surface area contributed by atoms with E-state index in [2.05, 4.69) is 0 Å². The molecule has 0 aliphatic rings. The minimum atomic E-state index is -0.370. The topological polar surface area (TPSA) is 52.6 Å². The predicted molar refractivity (Wildman–Crippen MR) is 77.1 cm³/mol. The van der Waals surface area contributed by atoms with Gasteiger partial charge in [-0.15, -0.1) is 0 Å². The molecule has 0 fully saturated rings. The van der Waals surface area contributed by atoms with Gasteiger partial charge in [-0.25, -0.2) is 4.79 Å². The van der Waals surface area contributed by atoms with E-state index in [0.29, 0.717) is 17.7 Å². The van der Waals surface area contributed by atoms with Crippen LogP contribution < -0.4 is 0 Å². The second kappa shape index (κ2) is 9.26. The van der Waals surface area contributed by atoms with Crippen LogP contribution in [0.2, 0.25) is 0 Å². The first kappa shape index (κ1) is 16.4. The molecule has 0 N–H and O–H groups in total. The molecule has 20 heavy (non-hydrogen) atoms. The molecular weight excluding hydrogens is 256 g/mol. The number of Topliss-reactive ketones (excluding diaryl/α,β-unsaturated/α-hetero) is 1. The van der Waals surface area contributed by atoms with Gasteiger partial charge in [-0.3, -0.25) is 4.79 Å². The molecule has 0 bridgehead atoms. The van der Waals surface area contributed by atoms with Crippen LogP contribution in [0.4, 0.5) is 0 Å². The Hall–Kier alpha value is -1.68. The zero-order valence-corrected chi connectivity index (χ0v) is 12.2. The maximum Gasteiger partial charge on any atom is 0.338 e. The average molecular weight is 278 g/mol. The molecule has 0 atom stereocenters. The van der Waals surface area contributed by atoms with Crippen LogP contribution in [0.25, 0.3) is 0 Å². The maximum absolute atomic E-state index is 11.8. The van der Waals surface area contributed by atoms with Gasteiger partial charge in [-0.1, -0.05) is 18.6 Å². The van der Waals surface area contributed by atoms with Crippen molar-refractivity contribution in [2.24, 2.45) is 0 Å². The summed E-state index contributed by atoms with van der Waals surface area (Å²) in [5.74, 6) is -0.428. The first-order valence-corrected chi connectivity index (χ1v) is 6.92. The smallest absolute Gasteiger partial charge is 0.338 e. The quantitative estimate of drug-likeness (QED) is 0.395.